The fourth-order valence-electron chi connectivity index (χ4n) is 0.259. The van der Waals surface area contributed by atoms with Crippen molar-refractivity contribution >= 4 is 16.9 Å². The van der Waals surface area contributed by atoms with Gasteiger partial charge in [0.15, 0.2) is 0 Å². The summed E-state index contributed by atoms with van der Waals surface area (Å²) in [5, 5.41) is 0. The first-order valence-corrected chi connectivity index (χ1v) is 2.72. The van der Waals surface area contributed by atoms with Gasteiger partial charge >= 0.3 is 5.97 Å². The SMILES string of the molecule is C=C.C=CCC(=O)OC=C.[SiH4]. The smallest absolute Gasteiger partial charge is 0.314 e. The molecule has 0 aliphatic carbocycles. The van der Waals surface area contributed by atoms with Crippen LogP contribution in [-0.4, -0.2) is 16.9 Å². The van der Waals surface area contributed by atoms with Crippen molar-refractivity contribution in [3.8, 4) is 0 Å². The molecule has 0 unspecified atom stereocenters. The third kappa shape index (κ3) is 17.6. The standard InChI is InChI=1S/C6H8O2.C2H4.H4Si/c1-3-5-6(7)8-4-2;1-2;/h3-4H,1-2,5H2;1-2H2;1H4. The lowest BCUT2D eigenvalue weighted by atomic mass is 10.4. The molecule has 0 N–H and O–H groups in total. The van der Waals surface area contributed by atoms with Crippen molar-refractivity contribution < 1.29 is 9.53 Å². The molecule has 0 aromatic rings. The van der Waals surface area contributed by atoms with E-state index in [0.29, 0.717) is 0 Å². The summed E-state index contributed by atoms with van der Waals surface area (Å²) in [5.74, 6) is -0.324. The third-order valence-electron chi connectivity index (χ3n) is 0.526. The topological polar surface area (TPSA) is 26.3 Å². The average molecular weight is 172 g/mol. The molecule has 0 aliphatic rings. The van der Waals surface area contributed by atoms with Gasteiger partial charge < -0.3 is 4.74 Å². The Bertz CT molecular complexity index is 109. The van der Waals surface area contributed by atoms with Crippen molar-refractivity contribution in [2.24, 2.45) is 0 Å². The molecule has 0 aromatic carbocycles. The Labute approximate surface area is 72.3 Å². The van der Waals surface area contributed by atoms with E-state index >= 15 is 0 Å². The largest absolute Gasteiger partial charge is 0.435 e. The van der Waals surface area contributed by atoms with Crippen LogP contribution in [0.15, 0.2) is 38.7 Å². The second-order valence-electron chi connectivity index (χ2n) is 1.15. The van der Waals surface area contributed by atoms with E-state index in [1.807, 2.05) is 0 Å². The highest BCUT2D eigenvalue weighted by Crippen LogP contribution is 1.84. The van der Waals surface area contributed by atoms with Gasteiger partial charge in [0, 0.05) is 0 Å². The van der Waals surface area contributed by atoms with Crippen molar-refractivity contribution in [3.63, 3.8) is 0 Å². The van der Waals surface area contributed by atoms with E-state index in [-0.39, 0.29) is 23.4 Å². The molecular weight excluding hydrogens is 156 g/mol. The summed E-state index contributed by atoms with van der Waals surface area (Å²) in [7, 11) is 0. The molecule has 3 heteroatoms. The monoisotopic (exact) mass is 172 g/mol. The van der Waals surface area contributed by atoms with Crippen LogP contribution in [0.4, 0.5) is 0 Å². The first-order chi connectivity index (χ1) is 4.81. The van der Waals surface area contributed by atoms with Crippen molar-refractivity contribution in [2.45, 2.75) is 6.42 Å². The Kier molecular flexibility index (Phi) is 23.9. The zero-order valence-corrected chi connectivity index (χ0v) is 6.01. The summed E-state index contributed by atoms with van der Waals surface area (Å²) >= 11 is 0. The lowest BCUT2D eigenvalue weighted by Gasteiger charge is -1.89. The molecule has 0 saturated carbocycles. The Morgan fingerprint density at radius 3 is 2.09 bits per heavy atom. The van der Waals surface area contributed by atoms with Crippen LogP contribution < -0.4 is 0 Å². The predicted octanol–water partition coefficient (Wildman–Crippen LogP) is 0.600. The van der Waals surface area contributed by atoms with E-state index in [4.69, 9.17) is 0 Å². The van der Waals surface area contributed by atoms with Gasteiger partial charge in [-0.05, 0) is 11.0 Å². The van der Waals surface area contributed by atoms with Crippen LogP contribution in [-0.2, 0) is 9.53 Å². The minimum Gasteiger partial charge on any atom is -0.435 e. The van der Waals surface area contributed by atoms with Gasteiger partial charge in [-0.1, -0.05) is 12.7 Å². The van der Waals surface area contributed by atoms with Gasteiger partial charge in [0.05, 0.1) is 12.7 Å². The molecule has 0 rings (SSSR count). The first kappa shape index (κ1) is 16.5. The molecule has 0 heterocycles. The third-order valence-corrected chi connectivity index (χ3v) is 0.526. The molecule has 11 heavy (non-hydrogen) atoms. The Morgan fingerprint density at radius 1 is 1.36 bits per heavy atom. The zero-order chi connectivity index (χ0) is 8.41. The molecule has 0 bridgehead atoms. The van der Waals surface area contributed by atoms with Gasteiger partial charge in [-0.3, -0.25) is 4.79 Å². The van der Waals surface area contributed by atoms with E-state index < -0.39 is 0 Å². The normalized spacial score (nSPS) is 5.82. The van der Waals surface area contributed by atoms with Crippen molar-refractivity contribution in [2.75, 3.05) is 0 Å². The number of esters is 1. The maximum Gasteiger partial charge on any atom is 0.314 e. The van der Waals surface area contributed by atoms with Gasteiger partial charge in [0.2, 0.25) is 0 Å². The molecule has 2 nitrogen and oxygen atoms in total. The van der Waals surface area contributed by atoms with Gasteiger partial charge in [-0.25, -0.2) is 0 Å². The maximum absolute atomic E-state index is 10.3. The lowest BCUT2D eigenvalue weighted by molar-refractivity contribution is -0.136. The fourth-order valence-corrected chi connectivity index (χ4v) is 0.259. The summed E-state index contributed by atoms with van der Waals surface area (Å²) in [6.45, 7) is 12.6. The van der Waals surface area contributed by atoms with Crippen LogP contribution in [0, 0.1) is 0 Å². The molecular formula is C8H16O2Si. The summed E-state index contributed by atoms with van der Waals surface area (Å²) in [6, 6.07) is 0. The molecule has 0 aromatic heterocycles. The number of carbonyl (C=O) groups is 1. The van der Waals surface area contributed by atoms with E-state index in [2.05, 4.69) is 31.1 Å². The Hall–Kier alpha value is -1.09. The van der Waals surface area contributed by atoms with Gasteiger partial charge in [0.1, 0.15) is 0 Å². The second kappa shape index (κ2) is 16.0. The number of ether oxygens (including phenoxy) is 1. The van der Waals surface area contributed by atoms with E-state index in [1.165, 1.54) is 6.08 Å². The number of hydrogen-bond acceptors (Lipinski definition) is 2. The molecule has 0 amide bonds. The van der Waals surface area contributed by atoms with E-state index in [1.54, 1.807) is 0 Å². The molecule has 64 valence electrons. The maximum atomic E-state index is 10.3. The lowest BCUT2D eigenvalue weighted by Crippen LogP contribution is -1.95. The molecule has 0 fully saturated rings. The fraction of sp³-hybridized carbons (Fsp3) is 0.125. The molecule has 0 radical (unpaired) electrons. The minimum absolute atomic E-state index is 0. The van der Waals surface area contributed by atoms with Crippen LogP contribution in [0.5, 0.6) is 0 Å². The van der Waals surface area contributed by atoms with E-state index in [0.717, 1.165) is 6.26 Å². The highest BCUT2D eigenvalue weighted by molar-refractivity contribution is 5.75. The van der Waals surface area contributed by atoms with Crippen LogP contribution in [0.1, 0.15) is 6.42 Å². The molecule has 0 aliphatic heterocycles. The van der Waals surface area contributed by atoms with Gasteiger partial charge in [-0.2, -0.15) is 0 Å². The van der Waals surface area contributed by atoms with E-state index in [9.17, 15) is 4.79 Å². The van der Waals surface area contributed by atoms with Crippen molar-refractivity contribution in [1.29, 1.82) is 0 Å². The van der Waals surface area contributed by atoms with Crippen LogP contribution in [0.25, 0.3) is 0 Å². The predicted molar refractivity (Wildman–Crippen MR) is 53.7 cm³/mol. The zero-order valence-electron chi connectivity index (χ0n) is 6.01. The number of carbonyl (C=O) groups excluding carboxylic acids is 1. The Balaban J connectivity index is -0.000000196. The summed E-state index contributed by atoms with van der Waals surface area (Å²) in [4.78, 5) is 10.3. The van der Waals surface area contributed by atoms with Crippen molar-refractivity contribution in [3.05, 3.63) is 38.7 Å². The minimum atomic E-state index is -0.324. The summed E-state index contributed by atoms with van der Waals surface area (Å²) in [6.07, 6.45) is 2.82. The van der Waals surface area contributed by atoms with Crippen molar-refractivity contribution in [1.82, 2.24) is 0 Å². The summed E-state index contributed by atoms with van der Waals surface area (Å²) < 4.78 is 4.34. The summed E-state index contributed by atoms with van der Waals surface area (Å²) in [5.41, 5.74) is 0. The first-order valence-electron chi connectivity index (χ1n) is 2.72. The average Bonchev–Trinajstić information content (AvgIpc) is 1.93. The Morgan fingerprint density at radius 2 is 1.82 bits per heavy atom. The van der Waals surface area contributed by atoms with Crippen LogP contribution in [0.2, 0.25) is 0 Å². The van der Waals surface area contributed by atoms with Gasteiger partial charge in [0.25, 0.3) is 0 Å². The number of rotatable bonds is 3. The second-order valence-corrected chi connectivity index (χ2v) is 1.15. The van der Waals surface area contributed by atoms with Gasteiger partial charge in [-0.15, -0.1) is 19.7 Å². The highest BCUT2D eigenvalue weighted by atomic mass is 28.1. The highest BCUT2D eigenvalue weighted by Gasteiger charge is 1.92. The number of hydrogen-bond donors (Lipinski definition) is 0. The van der Waals surface area contributed by atoms with Crippen LogP contribution in [0.3, 0.4) is 0 Å². The van der Waals surface area contributed by atoms with Crippen LogP contribution >= 0.6 is 0 Å². The quantitative estimate of drug-likeness (QED) is 0.270. The molecule has 0 spiro atoms. The molecule has 0 atom stereocenters. The molecule has 0 saturated heterocycles.